The zero-order valence-electron chi connectivity index (χ0n) is 68.1. The number of nitrogens with one attached hydrogen (secondary N) is 1. The Kier molecular flexibility index (Phi) is 16.3. The van der Waals surface area contributed by atoms with Crippen LogP contribution in [-0.2, 0) is 0 Å². The van der Waals surface area contributed by atoms with E-state index in [4.69, 9.17) is 34.3 Å². The van der Waals surface area contributed by atoms with Gasteiger partial charge in [-0.2, -0.15) is 0 Å². The number of rotatable bonds is 10. The Bertz CT molecular complexity index is 9370. The first-order valence-corrected chi connectivity index (χ1v) is 46.0. The van der Waals surface area contributed by atoms with Gasteiger partial charge in [0.1, 0.15) is 11.2 Å². The number of nitrogens with zero attached hydrogens (tertiary/aromatic N) is 8. The molecular weight excluding hydrogens is 1640 g/mol. The highest BCUT2D eigenvalue weighted by Crippen LogP contribution is 2.51. The van der Waals surface area contributed by atoms with E-state index in [0.717, 1.165) is 82.4 Å². The van der Waals surface area contributed by atoms with Crippen molar-refractivity contribution in [2.75, 3.05) is 0 Å². The minimum absolute atomic E-state index is 0.607. The molecule has 14 heteroatoms. The predicted molar refractivity (Wildman–Crippen MR) is 540 cm³/mol. The summed E-state index contributed by atoms with van der Waals surface area (Å²) in [5.41, 5.74) is 21.5. The van der Waals surface area contributed by atoms with Crippen molar-refractivity contribution in [3.63, 3.8) is 0 Å². The summed E-state index contributed by atoms with van der Waals surface area (Å²) in [6, 6.07) is 138. The van der Waals surface area contributed by atoms with Crippen LogP contribution in [0.3, 0.4) is 0 Å². The highest BCUT2D eigenvalue weighted by atomic mass is 32.1. The standard InChI is InChI=1S/C57H33N5OS.C57H32N4S3/c1-3-12-33(13-4-1)55-59-56(34-14-5-2-6-15-34)61-57(60-55)36-23-28-50-45(31-36)46-32-37(24-29-51(46)63-50)62-48-21-10-8-17-40(48)44-30-35(22-27-49(44)62)38-18-11-19-42-43-26-25-41-39-16-7-9-20-47(39)58-52(41)54(43)64-53(38)42;1-3-14-33(15-4-1)55-58-56(34-16-5-2-6-17-34)60-57(59-55)44-24-12-22-39-41-23-13-26-48(52(41)63-51(39)44)61-46-25-9-7-18-37(46)45-32-35(28-31-47(45)61)36-20-11-21-40-43-30-29-42-38-19-8-10-27-49(38)62-53(42)54(43)64-50(36)40/h1-32,58H;1-32H. The van der Waals surface area contributed by atoms with Crippen molar-refractivity contribution in [2.45, 2.75) is 0 Å². The van der Waals surface area contributed by atoms with Gasteiger partial charge in [-0.3, -0.25) is 0 Å². The Balaban J connectivity index is 0.000000132. The van der Waals surface area contributed by atoms with E-state index in [1.54, 1.807) is 0 Å². The number of para-hydroxylation sites is 3. The van der Waals surface area contributed by atoms with E-state index in [2.05, 4.69) is 293 Å². The van der Waals surface area contributed by atoms with E-state index in [9.17, 15) is 0 Å². The summed E-state index contributed by atoms with van der Waals surface area (Å²) in [5, 5.41) is 19.8. The van der Waals surface area contributed by atoms with Crippen LogP contribution in [-0.4, -0.2) is 44.0 Å². The Morgan fingerprint density at radius 1 is 0.211 bits per heavy atom. The third-order valence-corrected chi connectivity index (χ3v) is 30.6. The Morgan fingerprint density at radius 3 is 1.19 bits per heavy atom. The number of aromatic nitrogens is 9. The molecule has 10 heterocycles. The summed E-state index contributed by atoms with van der Waals surface area (Å²) >= 11 is 7.55. The van der Waals surface area contributed by atoms with Crippen LogP contribution in [0.25, 0.3) is 270 Å². The number of hydrogen-bond acceptors (Lipinski definition) is 11. The lowest BCUT2D eigenvalue weighted by Crippen LogP contribution is -2.00. The molecule has 0 aliphatic rings. The third kappa shape index (κ3) is 11.5. The minimum atomic E-state index is 0.607. The summed E-state index contributed by atoms with van der Waals surface area (Å²) < 4.78 is 21.7. The molecule has 0 radical (unpaired) electrons. The van der Waals surface area contributed by atoms with E-state index in [-0.39, 0.29) is 0 Å². The molecule has 10 nitrogen and oxygen atoms in total. The third-order valence-electron chi connectivity index (χ3n) is 25.5. The fraction of sp³-hybridized carbons (Fsp3) is 0. The number of H-pyrrole nitrogens is 1. The quantitative estimate of drug-likeness (QED) is 0.145. The summed E-state index contributed by atoms with van der Waals surface area (Å²) in [7, 11) is 0. The molecule has 0 fully saturated rings. The Hall–Kier alpha value is -15.9. The Labute approximate surface area is 746 Å². The molecule has 0 atom stereocenters. The molecule has 28 rings (SSSR count). The fourth-order valence-electron chi connectivity index (χ4n) is 19.6. The average molecular weight is 1710 g/mol. The number of fused-ring (bicyclic) bond motifs is 26. The molecular formula is C114H65N9OS4. The molecule has 10 aromatic heterocycles. The molecule has 0 saturated heterocycles. The van der Waals surface area contributed by atoms with E-state index in [1.165, 1.54) is 153 Å². The predicted octanol–water partition coefficient (Wildman–Crippen LogP) is 32.3. The summed E-state index contributed by atoms with van der Waals surface area (Å²) in [6.45, 7) is 0. The molecule has 596 valence electrons. The first-order chi connectivity index (χ1) is 63.4. The molecule has 0 spiro atoms. The van der Waals surface area contributed by atoms with Gasteiger partial charge < -0.3 is 18.5 Å². The topological polar surface area (TPSA) is 116 Å². The SMILES string of the molecule is c1ccc(-c2nc(-c3ccccc3)nc(-c3ccc4oc5ccc(-n6c7ccccc7c7cc(-c8cccc9c8sc8c9ccc9c%10ccccc%10[nH]c98)ccc76)cc5c4c3)n2)cc1.c1ccc(-c2nc(-c3ccccc3)nc(-c3cccc4c3sc3c(-n5c6ccccc6c6cc(-c7cccc8c7sc7c8ccc8c9ccccc9sc87)ccc65)cccc34)n2)cc1. The van der Waals surface area contributed by atoms with E-state index in [0.29, 0.717) is 34.9 Å². The lowest BCUT2D eigenvalue weighted by Gasteiger charge is -2.10. The van der Waals surface area contributed by atoms with Gasteiger partial charge in [-0.25, -0.2) is 29.9 Å². The highest BCUT2D eigenvalue weighted by Gasteiger charge is 2.26. The smallest absolute Gasteiger partial charge is 0.165 e. The fourth-order valence-corrected chi connectivity index (χ4v) is 24.9. The van der Waals surface area contributed by atoms with Gasteiger partial charge in [0, 0.05) is 150 Å². The molecule has 128 heavy (non-hydrogen) atoms. The van der Waals surface area contributed by atoms with Gasteiger partial charge in [-0.1, -0.05) is 291 Å². The summed E-state index contributed by atoms with van der Waals surface area (Å²) in [5.74, 6) is 3.85. The van der Waals surface area contributed by atoms with Crippen LogP contribution in [0.4, 0.5) is 0 Å². The molecule has 0 saturated carbocycles. The normalized spacial score (nSPS) is 12.1. The van der Waals surface area contributed by atoms with Crippen molar-refractivity contribution in [3.05, 3.63) is 388 Å². The van der Waals surface area contributed by atoms with Gasteiger partial charge in [-0.15, -0.1) is 45.3 Å². The van der Waals surface area contributed by atoms with Gasteiger partial charge in [0.15, 0.2) is 34.9 Å². The number of benzene rings is 18. The van der Waals surface area contributed by atoms with E-state index in [1.807, 2.05) is 155 Å². The van der Waals surface area contributed by atoms with Crippen molar-refractivity contribution >= 4 is 213 Å². The minimum Gasteiger partial charge on any atom is -0.456 e. The number of hydrogen-bond donors (Lipinski definition) is 1. The van der Waals surface area contributed by atoms with Crippen molar-refractivity contribution in [3.8, 4) is 102 Å². The van der Waals surface area contributed by atoms with Crippen LogP contribution in [0.5, 0.6) is 0 Å². The van der Waals surface area contributed by atoms with Crippen molar-refractivity contribution < 1.29 is 4.42 Å². The van der Waals surface area contributed by atoms with Crippen LogP contribution in [0.2, 0.25) is 0 Å². The maximum Gasteiger partial charge on any atom is 0.165 e. The summed E-state index contributed by atoms with van der Waals surface area (Å²) in [4.78, 5) is 33.9. The Morgan fingerprint density at radius 2 is 0.594 bits per heavy atom. The van der Waals surface area contributed by atoms with E-state index < -0.39 is 0 Å². The molecule has 1 N–H and O–H groups in total. The molecule has 0 aliphatic carbocycles. The second kappa shape index (κ2) is 28.8. The van der Waals surface area contributed by atoms with Gasteiger partial charge in [0.2, 0.25) is 0 Å². The van der Waals surface area contributed by atoms with Crippen LogP contribution < -0.4 is 0 Å². The molecule has 0 amide bonds. The molecule has 0 aliphatic heterocycles. The van der Waals surface area contributed by atoms with E-state index >= 15 is 0 Å². The van der Waals surface area contributed by atoms with Gasteiger partial charge in [-0.05, 0) is 119 Å². The second-order valence-electron chi connectivity index (χ2n) is 32.7. The maximum atomic E-state index is 6.47. The first-order valence-electron chi connectivity index (χ1n) is 42.8. The number of furan rings is 1. The molecule has 28 aromatic rings. The highest BCUT2D eigenvalue weighted by molar-refractivity contribution is 7.34. The lowest BCUT2D eigenvalue weighted by atomic mass is 10.0. The van der Waals surface area contributed by atoms with Gasteiger partial charge in [0.05, 0.1) is 52.1 Å². The van der Waals surface area contributed by atoms with Crippen molar-refractivity contribution in [2.24, 2.45) is 0 Å². The van der Waals surface area contributed by atoms with Crippen LogP contribution in [0.15, 0.2) is 393 Å². The number of thiophene rings is 4. The molecule has 0 unspecified atom stereocenters. The molecule has 18 aromatic carbocycles. The van der Waals surface area contributed by atoms with Crippen LogP contribution in [0.1, 0.15) is 0 Å². The largest absolute Gasteiger partial charge is 0.456 e. The molecule has 0 bridgehead atoms. The zero-order valence-corrected chi connectivity index (χ0v) is 71.3. The van der Waals surface area contributed by atoms with Crippen LogP contribution >= 0.6 is 45.3 Å². The number of aromatic amines is 1. The maximum absolute atomic E-state index is 6.47. The zero-order chi connectivity index (χ0) is 83.8. The lowest BCUT2D eigenvalue weighted by molar-refractivity contribution is 0.669. The van der Waals surface area contributed by atoms with Gasteiger partial charge in [0.25, 0.3) is 0 Å². The second-order valence-corrected chi connectivity index (χ2v) is 36.8. The van der Waals surface area contributed by atoms with Crippen molar-refractivity contribution in [1.29, 1.82) is 0 Å². The average Bonchev–Trinajstić information content (AvgIpc) is 1.59. The first kappa shape index (κ1) is 72.5. The van der Waals surface area contributed by atoms with Crippen molar-refractivity contribution in [1.82, 2.24) is 44.0 Å². The van der Waals surface area contributed by atoms with Crippen LogP contribution in [0, 0.1) is 0 Å². The van der Waals surface area contributed by atoms with Gasteiger partial charge >= 0.3 is 0 Å². The monoisotopic (exact) mass is 1700 g/mol. The summed E-state index contributed by atoms with van der Waals surface area (Å²) in [6.07, 6.45) is 0.